The zero-order valence-electron chi connectivity index (χ0n) is 24.8. The second-order valence-electron chi connectivity index (χ2n) is 10.7. The summed E-state index contributed by atoms with van der Waals surface area (Å²) in [6, 6.07) is 12.4. The molecule has 3 heterocycles. The molecule has 0 atom stereocenters. The van der Waals surface area contributed by atoms with Crippen molar-refractivity contribution in [2.75, 3.05) is 76.9 Å². The van der Waals surface area contributed by atoms with Crippen LogP contribution in [0.5, 0.6) is 11.5 Å². The average Bonchev–Trinajstić information content (AvgIpc) is 3.06. The lowest BCUT2D eigenvalue weighted by molar-refractivity contribution is 0.0600. The molecule has 11 heteroatoms. The van der Waals surface area contributed by atoms with Crippen molar-refractivity contribution in [1.82, 2.24) is 14.8 Å². The summed E-state index contributed by atoms with van der Waals surface area (Å²) in [6.07, 6.45) is 6.40. The lowest BCUT2D eigenvalue weighted by Crippen LogP contribution is -2.50. The second kappa shape index (κ2) is 14.1. The highest BCUT2D eigenvalue weighted by molar-refractivity contribution is 5.97. The second-order valence-corrected chi connectivity index (χ2v) is 10.7. The number of pyridine rings is 1. The van der Waals surface area contributed by atoms with Crippen molar-refractivity contribution in [2.24, 2.45) is 0 Å². The molecule has 2 aromatic carbocycles. The van der Waals surface area contributed by atoms with Gasteiger partial charge in [-0.1, -0.05) is 6.42 Å². The standard InChI is InChI=1S/C32H38N6O5/c1-41-28-19-26-27(20-29(28)43-18-6-13-36-11-4-3-5-12-36)34-22-24(21-33)30(26)37-14-16-38(17-15-37)32(40)35-25-9-7-23(8-10-25)31(39)42-2/h7-10,19-20,22H,3-6,11-18H2,1-2H3,(H,35,40). The molecule has 0 saturated carbocycles. The van der Waals surface area contributed by atoms with E-state index < -0.39 is 5.97 Å². The number of benzene rings is 2. The Bertz CT molecular complexity index is 1470. The summed E-state index contributed by atoms with van der Waals surface area (Å²) >= 11 is 0. The molecule has 0 radical (unpaired) electrons. The molecule has 0 spiro atoms. The molecule has 1 N–H and O–H groups in total. The van der Waals surface area contributed by atoms with Gasteiger partial charge in [-0.05, 0) is 62.7 Å². The normalized spacial score (nSPS) is 15.6. The van der Waals surface area contributed by atoms with E-state index in [9.17, 15) is 14.9 Å². The number of ether oxygens (including phenoxy) is 3. The minimum atomic E-state index is -0.432. The van der Waals surface area contributed by atoms with Gasteiger partial charge in [-0.2, -0.15) is 5.26 Å². The number of piperazine rings is 1. The summed E-state index contributed by atoms with van der Waals surface area (Å²) in [5.74, 6) is 0.803. The number of carbonyl (C=O) groups excluding carboxylic acids is 2. The van der Waals surface area contributed by atoms with Crippen molar-refractivity contribution in [3.63, 3.8) is 0 Å². The summed E-state index contributed by atoms with van der Waals surface area (Å²) in [4.78, 5) is 35.5. The fourth-order valence-electron chi connectivity index (χ4n) is 5.68. The molecule has 0 bridgehead atoms. The Morgan fingerprint density at radius 1 is 0.977 bits per heavy atom. The van der Waals surface area contributed by atoms with Gasteiger partial charge in [-0.15, -0.1) is 0 Å². The van der Waals surface area contributed by atoms with Gasteiger partial charge in [-0.3, -0.25) is 4.98 Å². The number of nitriles is 1. The Balaban J connectivity index is 1.25. The number of nitrogens with one attached hydrogen (secondary N) is 1. The predicted molar refractivity (Wildman–Crippen MR) is 164 cm³/mol. The van der Waals surface area contributed by atoms with Gasteiger partial charge in [0.25, 0.3) is 0 Å². The summed E-state index contributed by atoms with van der Waals surface area (Å²) in [7, 11) is 2.94. The van der Waals surface area contributed by atoms with Crippen molar-refractivity contribution in [2.45, 2.75) is 25.7 Å². The van der Waals surface area contributed by atoms with Crippen LogP contribution >= 0.6 is 0 Å². The summed E-state index contributed by atoms with van der Waals surface area (Å²) in [5.41, 5.74) is 2.96. The van der Waals surface area contributed by atoms with Gasteiger partial charge >= 0.3 is 12.0 Å². The lowest BCUT2D eigenvalue weighted by Gasteiger charge is -2.37. The number of likely N-dealkylation sites (tertiary alicyclic amines) is 1. The number of amides is 2. The van der Waals surface area contributed by atoms with Crippen molar-refractivity contribution in [3.8, 4) is 17.6 Å². The number of hydrogen-bond acceptors (Lipinski definition) is 9. The minimum Gasteiger partial charge on any atom is -0.493 e. The first-order valence-corrected chi connectivity index (χ1v) is 14.8. The van der Waals surface area contributed by atoms with Gasteiger partial charge in [0, 0.05) is 56.1 Å². The third-order valence-corrected chi connectivity index (χ3v) is 8.01. The van der Waals surface area contributed by atoms with E-state index in [4.69, 9.17) is 14.2 Å². The van der Waals surface area contributed by atoms with Gasteiger partial charge < -0.3 is 34.2 Å². The molecule has 11 nitrogen and oxygen atoms in total. The van der Waals surface area contributed by atoms with E-state index in [2.05, 4.69) is 26.2 Å². The Labute approximate surface area is 251 Å². The van der Waals surface area contributed by atoms with E-state index in [1.54, 1.807) is 42.5 Å². The number of urea groups is 1. The first-order valence-electron chi connectivity index (χ1n) is 14.8. The molecule has 226 valence electrons. The predicted octanol–water partition coefficient (Wildman–Crippen LogP) is 4.51. The number of esters is 1. The van der Waals surface area contributed by atoms with E-state index in [-0.39, 0.29) is 6.03 Å². The van der Waals surface area contributed by atoms with E-state index in [1.165, 1.54) is 39.5 Å². The number of aromatic nitrogens is 1. The molecule has 2 saturated heterocycles. The van der Waals surface area contributed by atoms with Crippen LogP contribution in [0.2, 0.25) is 0 Å². The van der Waals surface area contributed by atoms with Gasteiger partial charge in [0.2, 0.25) is 0 Å². The first-order chi connectivity index (χ1) is 21.0. The third-order valence-electron chi connectivity index (χ3n) is 8.01. The van der Waals surface area contributed by atoms with Gasteiger partial charge in [0.15, 0.2) is 11.5 Å². The van der Waals surface area contributed by atoms with Crippen LogP contribution in [0.3, 0.4) is 0 Å². The highest BCUT2D eigenvalue weighted by Gasteiger charge is 2.25. The number of anilines is 2. The summed E-state index contributed by atoms with van der Waals surface area (Å²) in [5, 5.41) is 13.6. The van der Waals surface area contributed by atoms with Crippen molar-refractivity contribution >= 4 is 34.3 Å². The number of nitrogens with zero attached hydrogens (tertiary/aromatic N) is 5. The average molecular weight is 587 g/mol. The molecule has 3 aromatic rings. The van der Waals surface area contributed by atoms with E-state index >= 15 is 0 Å². The topological polar surface area (TPSA) is 120 Å². The number of fused-ring (bicyclic) bond motifs is 1. The van der Waals surface area contributed by atoms with Crippen LogP contribution in [0, 0.1) is 11.3 Å². The molecule has 1 aromatic heterocycles. The maximum Gasteiger partial charge on any atom is 0.337 e. The van der Waals surface area contributed by atoms with Crippen molar-refractivity contribution in [1.29, 1.82) is 5.26 Å². The molecule has 2 aliphatic heterocycles. The zero-order chi connectivity index (χ0) is 30.2. The molecule has 43 heavy (non-hydrogen) atoms. The van der Waals surface area contributed by atoms with Gasteiger partial charge in [0.1, 0.15) is 6.07 Å². The van der Waals surface area contributed by atoms with Crippen LogP contribution in [0.4, 0.5) is 16.2 Å². The smallest absolute Gasteiger partial charge is 0.337 e. The van der Waals surface area contributed by atoms with Crippen LogP contribution < -0.4 is 19.7 Å². The highest BCUT2D eigenvalue weighted by Crippen LogP contribution is 2.38. The van der Waals surface area contributed by atoms with E-state index in [0.29, 0.717) is 61.1 Å². The fraction of sp³-hybridized carbons (Fsp3) is 0.438. The summed E-state index contributed by atoms with van der Waals surface area (Å²) in [6.45, 7) is 5.96. The van der Waals surface area contributed by atoms with E-state index in [1.807, 2.05) is 12.1 Å². The summed E-state index contributed by atoms with van der Waals surface area (Å²) < 4.78 is 16.6. The number of rotatable bonds is 9. The molecule has 0 aliphatic carbocycles. The zero-order valence-corrected chi connectivity index (χ0v) is 24.8. The molecule has 2 fully saturated rings. The molecule has 5 rings (SSSR count). The lowest BCUT2D eigenvalue weighted by atomic mass is 10.1. The first kappa shape index (κ1) is 29.9. The molecule has 0 unspecified atom stereocenters. The number of piperidine rings is 1. The Morgan fingerprint density at radius 2 is 1.72 bits per heavy atom. The van der Waals surface area contributed by atoms with Crippen LogP contribution in [-0.2, 0) is 4.74 Å². The fourth-order valence-corrected chi connectivity index (χ4v) is 5.68. The van der Waals surface area contributed by atoms with Crippen LogP contribution in [0.1, 0.15) is 41.6 Å². The monoisotopic (exact) mass is 586 g/mol. The molecule has 2 amide bonds. The van der Waals surface area contributed by atoms with Crippen molar-refractivity contribution < 1.29 is 23.8 Å². The van der Waals surface area contributed by atoms with Gasteiger partial charge in [0.05, 0.1) is 43.2 Å². The third kappa shape index (κ3) is 7.09. The Kier molecular flexibility index (Phi) is 9.79. The number of hydrogen-bond donors (Lipinski definition) is 1. The highest BCUT2D eigenvalue weighted by atomic mass is 16.5. The maximum absolute atomic E-state index is 12.9. The Hall–Kier alpha value is -4.56. The molecular formula is C32H38N6O5. The minimum absolute atomic E-state index is 0.227. The van der Waals surface area contributed by atoms with E-state index in [0.717, 1.165) is 29.6 Å². The van der Waals surface area contributed by atoms with Crippen molar-refractivity contribution in [3.05, 3.63) is 53.7 Å². The molecular weight excluding hydrogens is 548 g/mol. The van der Waals surface area contributed by atoms with Crippen LogP contribution in [-0.4, -0.2) is 93.4 Å². The largest absolute Gasteiger partial charge is 0.493 e. The number of carbonyl (C=O) groups is 2. The van der Waals surface area contributed by atoms with Crippen LogP contribution in [0.25, 0.3) is 10.9 Å². The molecule has 2 aliphatic rings. The van der Waals surface area contributed by atoms with Crippen LogP contribution in [0.15, 0.2) is 42.6 Å². The quantitative estimate of drug-likeness (QED) is 0.285. The maximum atomic E-state index is 12.9. The Morgan fingerprint density at radius 3 is 2.40 bits per heavy atom. The number of methoxy groups -OCH3 is 2. The SMILES string of the molecule is COC(=O)c1ccc(NC(=O)N2CCN(c3c(C#N)cnc4cc(OCCCN5CCCCC5)c(OC)cc34)CC2)cc1. The van der Waals surface area contributed by atoms with Gasteiger partial charge in [-0.25, -0.2) is 9.59 Å².